The van der Waals surface area contributed by atoms with Gasteiger partial charge in [-0.1, -0.05) is 11.6 Å². The number of carbonyl (C=O) groups excluding carboxylic acids is 1. The predicted octanol–water partition coefficient (Wildman–Crippen LogP) is 1.99. The van der Waals surface area contributed by atoms with E-state index < -0.39 is 5.24 Å². The quantitative estimate of drug-likeness (QED) is 0.515. The minimum absolute atomic E-state index is 0.00833. The predicted molar refractivity (Wildman–Crippen MR) is 44.1 cm³/mol. The van der Waals surface area contributed by atoms with Gasteiger partial charge in [0.15, 0.2) is 0 Å². The van der Waals surface area contributed by atoms with E-state index in [4.69, 9.17) is 28.5 Å². The Bertz CT molecular complexity index is 370. The van der Waals surface area contributed by atoms with Crippen LogP contribution in [0.3, 0.4) is 0 Å². The van der Waals surface area contributed by atoms with Crippen LogP contribution in [0.25, 0.3) is 0 Å². The van der Waals surface area contributed by atoms with E-state index in [1.54, 1.807) is 0 Å². The van der Waals surface area contributed by atoms with Gasteiger partial charge in [-0.25, -0.2) is 4.98 Å². The van der Waals surface area contributed by atoms with Crippen molar-refractivity contribution in [2.75, 3.05) is 0 Å². The number of hydrogen-bond donors (Lipinski definition) is 0. The lowest BCUT2D eigenvalue weighted by atomic mass is 10.2. The van der Waals surface area contributed by atoms with Gasteiger partial charge in [0.2, 0.25) is 0 Å². The van der Waals surface area contributed by atoms with Crippen LogP contribution in [0.5, 0.6) is 0 Å². The molecule has 1 heterocycles. The molecule has 0 spiro atoms. The standard InChI is InChI=1S/C7H2Cl2N2O/c8-6-5(7(9)12)1-4(2-10)3-11-6/h1,3H. The molecule has 0 fully saturated rings. The monoisotopic (exact) mass is 200 g/mol. The molecule has 0 amide bonds. The Kier molecular flexibility index (Phi) is 2.64. The minimum atomic E-state index is -0.718. The van der Waals surface area contributed by atoms with Gasteiger partial charge in [-0.05, 0) is 17.7 Å². The number of hydrogen-bond acceptors (Lipinski definition) is 3. The van der Waals surface area contributed by atoms with Gasteiger partial charge in [0.1, 0.15) is 11.2 Å². The summed E-state index contributed by atoms with van der Waals surface area (Å²) in [7, 11) is 0. The van der Waals surface area contributed by atoms with E-state index in [0.717, 1.165) is 0 Å². The van der Waals surface area contributed by atoms with Crippen LogP contribution in [0.1, 0.15) is 15.9 Å². The van der Waals surface area contributed by atoms with Gasteiger partial charge in [0.25, 0.3) is 5.24 Å². The van der Waals surface area contributed by atoms with Gasteiger partial charge in [0, 0.05) is 6.20 Å². The molecule has 0 aliphatic rings. The normalized spacial score (nSPS) is 9.08. The molecule has 0 aliphatic carbocycles. The summed E-state index contributed by atoms with van der Waals surface area (Å²) in [5.74, 6) is 0. The maximum Gasteiger partial charge on any atom is 0.255 e. The van der Waals surface area contributed by atoms with Crippen molar-refractivity contribution in [3.63, 3.8) is 0 Å². The molecule has 0 unspecified atom stereocenters. The molecule has 12 heavy (non-hydrogen) atoms. The summed E-state index contributed by atoms with van der Waals surface area (Å²) in [5, 5.41) is 7.74. The Morgan fingerprint density at radius 1 is 1.67 bits per heavy atom. The molecule has 0 N–H and O–H groups in total. The topological polar surface area (TPSA) is 53.8 Å². The average Bonchev–Trinajstić information content (AvgIpc) is 2.05. The van der Waals surface area contributed by atoms with Crippen LogP contribution < -0.4 is 0 Å². The van der Waals surface area contributed by atoms with Gasteiger partial charge < -0.3 is 0 Å². The van der Waals surface area contributed by atoms with E-state index in [-0.39, 0.29) is 16.3 Å². The van der Waals surface area contributed by atoms with Crippen molar-refractivity contribution >= 4 is 28.4 Å². The molecule has 0 saturated heterocycles. The third kappa shape index (κ3) is 1.73. The maximum atomic E-state index is 10.7. The second-order valence-electron chi connectivity index (χ2n) is 1.95. The smallest absolute Gasteiger partial charge is 0.255 e. The summed E-state index contributed by atoms with van der Waals surface area (Å²) in [4.78, 5) is 14.3. The second kappa shape index (κ2) is 3.53. The van der Waals surface area contributed by atoms with Crippen molar-refractivity contribution < 1.29 is 4.79 Å². The highest BCUT2D eigenvalue weighted by Gasteiger charge is 2.09. The van der Waals surface area contributed by atoms with Crippen molar-refractivity contribution in [3.8, 4) is 6.07 Å². The first-order valence-electron chi connectivity index (χ1n) is 2.90. The first-order chi connectivity index (χ1) is 5.65. The highest BCUT2D eigenvalue weighted by atomic mass is 35.5. The fourth-order valence-corrected chi connectivity index (χ4v) is 1.03. The number of nitrogens with zero attached hydrogens (tertiary/aromatic N) is 2. The number of halogens is 2. The molecular weight excluding hydrogens is 199 g/mol. The van der Waals surface area contributed by atoms with Crippen LogP contribution >= 0.6 is 23.2 Å². The number of rotatable bonds is 1. The van der Waals surface area contributed by atoms with E-state index >= 15 is 0 Å². The number of nitriles is 1. The molecule has 3 nitrogen and oxygen atoms in total. The molecule has 1 aromatic rings. The van der Waals surface area contributed by atoms with Crippen LogP contribution in [-0.4, -0.2) is 10.2 Å². The summed E-state index contributed by atoms with van der Waals surface area (Å²) in [5.41, 5.74) is 0.306. The SMILES string of the molecule is N#Cc1cnc(Cl)c(C(=O)Cl)c1. The number of carbonyl (C=O) groups is 1. The lowest BCUT2D eigenvalue weighted by molar-refractivity contribution is 0.108. The largest absolute Gasteiger partial charge is 0.275 e. The fourth-order valence-electron chi connectivity index (χ4n) is 0.647. The average molecular weight is 201 g/mol. The molecule has 0 aliphatic heterocycles. The maximum absolute atomic E-state index is 10.7. The number of pyridine rings is 1. The van der Waals surface area contributed by atoms with Crippen LogP contribution in [0, 0.1) is 11.3 Å². The molecule has 0 saturated carbocycles. The molecule has 60 valence electrons. The third-order valence-corrected chi connectivity index (χ3v) is 1.68. The third-order valence-electron chi connectivity index (χ3n) is 1.18. The Morgan fingerprint density at radius 3 is 2.83 bits per heavy atom. The summed E-state index contributed by atoms with van der Waals surface area (Å²) >= 11 is 10.7. The van der Waals surface area contributed by atoms with E-state index in [2.05, 4.69) is 4.98 Å². The van der Waals surface area contributed by atoms with Crippen LogP contribution in [0.2, 0.25) is 5.15 Å². The summed E-state index contributed by atoms with van der Waals surface area (Å²) in [6.07, 6.45) is 1.27. The van der Waals surface area contributed by atoms with Crippen molar-refractivity contribution in [3.05, 3.63) is 28.5 Å². The summed E-state index contributed by atoms with van der Waals surface area (Å²) < 4.78 is 0. The summed E-state index contributed by atoms with van der Waals surface area (Å²) in [6, 6.07) is 3.11. The fraction of sp³-hybridized carbons (Fsp3) is 0. The second-order valence-corrected chi connectivity index (χ2v) is 2.65. The number of aromatic nitrogens is 1. The van der Waals surface area contributed by atoms with Crippen molar-refractivity contribution in [1.29, 1.82) is 5.26 Å². The molecule has 0 aromatic carbocycles. The minimum Gasteiger partial charge on any atom is -0.275 e. The highest BCUT2D eigenvalue weighted by Crippen LogP contribution is 2.15. The van der Waals surface area contributed by atoms with E-state index in [1.165, 1.54) is 12.3 Å². The van der Waals surface area contributed by atoms with Gasteiger partial charge in [-0.3, -0.25) is 4.79 Å². The van der Waals surface area contributed by atoms with Crippen LogP contribution in [0.15, 0.2) is 12.3 Å². The van der Waals surface area contributed by atoms with Crippen molar-refractivity contribution in [2.24, 2.45) is 0 Å². The Morgan fingerprint density at radius 2 is 2.33 bits per heavy atom. The van der Waals surface area contributed by atoms with E-state index in [1.807, 2.05) is 6.07 Å². The lowest BCUT2D eigenvalue weighted by Gasteiger charge is -1.95. The zero-order valence-corrected chi connectivity index (χ0v) is 7.23. The molecular formula is C7H2Cl2N2O. The lowest BCUT2D eigenvalue weighted by Crippen LogP contribution is -1.93. The Hall–Kier alpha value is -1.11. The van der Waals surface area contributed by atoms with Gasteiger partial charge >= 0.3 is 0 Å². The Balaban J connectivity index is 3.28. The first kappa shape index (κ1) is 8.98. The van der Waals surface area contributed by atoms with Crippen molar-refractivity contribution in [1.82, 2.24) is 4.98 Å². The van der Waals surface area contributed by atoms with Gasteiger partial charge in [-0.2, -0.15) is 5.26 Å². The summed E-state index contributed by atoms with van der Waals surface area (Å²) in [6.45, 7) is 0. The van der Waals surface area contributed by atoms with Crippen molar-refractivity contribution in [2.45, 2.75) is 0 Å². The molecule has 0 bridgehead atoms. The zero-order chi connectivity index (χ0) is 9.14. The van der Waals surface area contributed by atoms with Gasteiger partial charge in [0.05, 0.1) is 11.1 Å². The molecule has 1 rings (SSSR count). The molecule has 1 aromatic heterocycles. The Labute approximate surface area is 78.5 Å². The van der Waals surface area contributed by atoms with E-state index in [9.17, 15) is 4.79 Å². The van der Waals surface area contributed by atoms with E-state index in [0.29, 0.717) is 0 Å². The molecule has 0 atom stereocenters. The van der Waals surface area contributed by atoms with Gasteiger partial charge in [-0.15, -0.1) is 0 Å². The van der Waals surface area contributed by atoms with Crippen LogP contribution in [-0.2, 0) is 0 Å². The molecule has 5 heteroatoms. The van der Waals surface area contributed by atoms with Crippen LogP contribution in [0.4, 0.5) is 0 Å². The highest BCUT2D eigenvalue weighted by molar-refractivity contribution is 6.68. The zero-order valence-electron chi connectivity index (χ0n) is 5.71. The molecule has 0 radical (unpaired) electrons. The first-order valence-corrected chi connectivity index (χ1v) is 3.66.